The maximum atomic E-state index is 9.32. The van der Waals surface area contributed by atoms with E-state index in [1.54, 1.807) is 0 Å². The molecule has 0 spiro atoms. The molecule has 0 amide bonds. The van der Waals surface area contributed by atoms with Gasteiger partial charge in [0.25, 0.3) is 0 Å². The average Bonchev–Trinajstić information content (AvgIpc) is 2.73. The zero-order valence-electron chi connectivity index (χ0n) is 11.1. The van der Waals surface area contributed by atoms with Gasteiger partial charge < -0.3 is 10.4 Å². The van der Waals surface area contributed by atoms with E-state index >= 15 is 0 Å². The maximum absolute atomic E-state index is 9.32. The van der Waals surface area contributed by atoms with E-state index in [2.05, 4.69) is 31.0 Å². The number of hydrogen-bond donors (Lipinski definition) is 2. The summed E-state index contributed by atoms with van der Waals surface area (Å²) in [5, 5.41) is 12.8. The quantitative estimate of drug-likeness (QED) is 0.692. The van der Waals surface area contributed by atoms with Gasteiger partial charge in [0.05, 0.1) is 6.61 Å². The van der Waals surface area contributed by atoms with E-state index in [0.29, 0.717) is 18.1 Å². The van der Waals surface area contributed by atoms with Gasteiger partial charge in [-0.05, 0) is 37.8 Å². The monoisotopic (exact) mass is 228 g/mol. The highest BCUT2D eigenvalue weighted by atomic mass is 16.3. The Bertz CT molecular complexity index is 198. The molecule has 1 aliphatic heterocycles. The van der Waals surface area contributed by atoms with E-state index in [9.17, 15) is 5.11 Å². The van der Waals surface area contributed by atoms with Crippen LogP contribution in [0, 0.1) is 5.41 Å². The van der Waals surface area contributed by atoms with Gasteiger partial charge >= 0.3 is 0 Å². The van der Waals surface area contributed by atoms with Gasteiger partial charge in [-0.2, -0.15) is 0 Å². The summed E-state index contributed by atoms with van der Waals surface area (Å²) >= 11 is 0. The van der Waals surface area contributed by atoms with E-state index < -0.39 is 0 Å². The molecule has 2 atom stereocenters. The standard InChI is InChI=1S/C13H28N2O/c1-4-13(3,10-14-5-2)11-15-8-6-7-12(15)9-16/h12,14,16H,4-11H2,1-3H3. The number of aliphatic hydroxyl groups excluding tert-OH is 1. The first kappa shape index (κ1) is 13.9. The Morgan fingerprint density at radius 1 is 1.44 bits per heavy atom. The zero-order chi connectivity index (χ0) is 12.0. The Morgan fingerprint density at radius 3 is 2.75 bits per heavy atom. The van der Waals surface area contributed by atoms with Gasteiger partial charge in [-0.1, -0.05) is 20.8 Å². The van der Waals surface area contributed by atoms with Crippen molar-refractivity contribution in [2.75, 3.05) is 32.8 Å². The molecule has 16 heavy (non-hydrogen) atoms. The van der Waals surface area contributed by atoms with Gasteiger partial charge in [0, 0.05) is 19.1 Å². The van der Waals surface area contributed by atoms with Crippen molar-refractivity contribution in [1.82, 2.24) is 10.2 Å². The topological polar surface area (TPSA) is 35.5 Å². The van der Waals surface area contributed by atoms with Crippen molar-refractivity contribution < 1.29 is 5.11 Å². The third-order valence-electron chi connectivity index (χ3n) is 3.95. The Morgan fingerprint density at radius 2 is 2.19 bits per heavy atom. The molecule has 2 unspecified atom stereocenters. The van der Waals surface area contributed by atoms with Gasteiger partial charge in [-0.25, -0.2) is 0 Å². The third-order valence-corrected chi connectivity index (χ3v) is 3.95. The van der Waals surface area contributed by atoms with Gasteiger partial charge in [-0.15, -0.1) is 0 Å². The molecule has 0 aliphatic carbocycles. The van der Waals surface area contributed by atoms with Crippen molar-refractivity contribution in [3.63, 3.8) is 0 Å². The molecule has 1 rings (SSSR count). The smallest absolute Gasteiger partial charge is 0.0586 e. The molecule has 3 heteroatoms. The summed E-state index contributed by atoms with van der Waals surface area (Å²) in [4.78, 5) is 2.47. The molecule has 0 saturated carbocycles. The Labute approximate surface area is 100 Å². The highest BCUT2D eigenvalue weighted by Gasteiger charge is 2.31. The summed E-state index contributed by atoms with van der Waals surface area (Å²) in [5.41, 5.74) is 0.341. The lowest BCUT2D eigenvalue weighted by molar-refractivity contribution is 0.106. The second-order valence-electron chi connectivity index (χ2n) is 5.39. The molecule has 96 valence electrons. The molecule has 1 aliphatic rings. The van der Waals surface area contributed by atoms with Crippen molar-refractivity contribution in [3.8, 4) is 0 Å². The Kier molecular flexibility index (Phi) is 5.73. The summed E-state index contributed by atoms with van der Waals surface area (Å²) in [5.74, 6) is 0. The second kappa shape index (κ2) is 6.58. The molecule has 0 bridgehead atoms. The number of nitrogens with one attached hydrogen (secondary N) is 1. The molecule has 0 radical (unpaired) electrons. The van der Waals surface area contributed by atoms with Gasteiger partial charge in [-0.3, -0.25) is 4.90 Å². The maximum Gasteiger partial charge on any atom is 0.0586 e. The van der Waals surface area contributed by atoms with Crippen LogP contribution in [0.25, 0.3) is 0 Å². The minimum Gasteiger partial charge on any atom is -0.395 e. The van der Waals surface area contributed by atoms with Crippen LogP contribution in [0.1, 0.15) is 40.0 Å². The van der Waals surface area contributed by atoms with Crippen LogP contribution >= 0.6 is 0 Å². The van der Waals surface area contributed by atoms with Crippen LogP contribution in [0.4, 0.5) is 0 Å². The van der Waals surface area contributed by atoms with Crippen LogP contribution in [-0.2, 0) is 0 Å². The van der Waals surface area contributed by atoms with Crippen molar-refractivity contribution in [1.29, 1.82) is 0 Å². The highest BCUT2D eigenvalue weighted by Crippen LogP contribution is 2.26. The lowest BCUT2D eigenvalue weighted by Crippen LogP contribution is -2.44. The second-order valence-corrected chi connectivity index (χ2v) is 5.39. The fourth-order valence-corrected chi connectivity index (χ4v) is 2.52. The first-order valence-electron chi connectivity index (χ1n) is 6.71. The molecule has 1 saturated heterocycles. The average molecular weight is 228 g/mol. The summed E-state index contributed by atoms with van der Waals surface area (Å²) in [6.45, 7) is 11.5. The van der Waals surface area contributed by atoms with Gasteiger partial charge in [0.2, 0.25) is 0 Å². The number of nitrogens with zero attached hydrogens (tertiary/aromatic N) is 1. The van der Waals surface area contributed by atoms with Gasteiger partial charge in [0.1, 0.15) is 0 Å². The fourth-order valence-electron chi connectivity index (χ4n) is 2.52. The van der Waals surface area contributed by atoms with Crippen molar-refractivity contribution in [2.45, 2.75) is 46.1 Å². The molecular formula is C13H28N2O. The van der Waals surface area contributed by atoms with Crippen LogP contribution in [0.15, 0.2) is 0 Å². The van der Waals surface area contributed by atoms with Crippen LogP contribution in [0.2, 0.25) is 0 Å². The highest BCUT2D eigenvalue weighted by molar-refractivity contribution is 4.86. The van der Waals surface area contributed by atoms with Crippen molar-refractivity contribution in [3.05, 3.63) is 0 Å². The van der Waals surface area contributed by atoms with E-state index in [1.807, 2.05) is 0 Å². The first-order chi connectivity index (χ1) is 7.65. The van der Waals surface area contributed by atoms with E-state index in [1.165, 1.54) is 12.8 Å². The molecule has 0 aromatic rings. The zero-order valence-corrected chi connectivity index (χ0v) is 11.1. The molecular weight excluding hydrogens is 200 g/mol. The lowest BCUT2D eigenvalue weighted by atomic mass is 9.86. The third kappa shape index (κ3) is 3.72. The largest absolute Gasteiger partial charge is 0.395 e. The van der Waals surface area contributed by atoms with Crippen LogP contribution in [0.5, 0.6) is 0 Å². The molecule has 1 heterocycles. The SMILES string of the molecule is CCNCC(C)(CC)CN1CCCC1CO. The predicted octanol–water partition coefficient (Wildman–Crippen LogP) is 1.47. The summed E-state index contributed by atoms with van der Waals surface area (Å²) in [6, 6.07) is 0.410. The summed E-state index contributed by atoms with van der Waals surface area (Å²) < 4.78 is 0. The van der Waals surface area contributed by atoms with Crippen LogP contribution in [0.3, 0.4) is 0 Å². The minimum atomic E-state index is 0.320. The van der Waals surface area contributed by atoms with Crippen molar-refractivity contribution >= 4 is 0 Å². The molecule has 0 aromatic carbocycles. The van der Waals surface area contributed by atoms with Crippen LogP contribution in [-0.4, -0.2) is 48.8 Å². The fraction of sp³-hybridized carbons (Fsp3) is 1.00. The van der Waals surface area contributed by atoms with Crippen molar-refractivity contribution in [2.24, 2.45) is 5.41 Å². The first-order valence-corrected chi connectivity index (χ1v) is 6.71. The molecule has 1 fully saturated rings. The summed E-state index contributed by atoms with van der Waals surface area (Å²) in [6.07, 6.45) is 3.60. The lowest BCUT2D eigenvalue weighted by Gasteiger charge is -2.35. The number of rotatable bonds is 7. The minimum absolute atomic E-state index is 0.320. The van der Waals surface area contributed by atoms with Crippen LogP contribution < -0.4 is 5.32 Å². The molecule has 2 N–H and O–H groups in total. The number of aliphatic hydroxyl groups is 1. The molecule has 3 nitrogen and oxygen atoms in total. The number of likely N-dealkylation sites (tertiary alicyclic amines) is 1. The molecule has 0 aromatic heterocycles. The predicted molar refractivity (Wildman–Crippen MR) is 68.6 cm³/mol. The van der Waals surface area contributed by atoms with E-state index in [0.717, 1.165) is 32.6 Å². The van der Waals surface area contributed by atoms with Gasteiger partial charge in [0.15, 0.2) is 0 Å². The van der Waals surface area contributed by atoms with E-state index in [-0.39, 0.29) is 0 Å². The van der Waals surface area contributed by atoms with E-state index in [4.69, 9.17) is 0 Å². The Hall–Kier alpha value is -0.120. The summed E-state index contributed by atoms with van der Waals surface area (Å²) in [7, 11) is 0. The number of hydrogen-bond acceptors (Lipinski definition) is 3. The normalized spacial score (nSPS) is 25.9. The Balaban J connectivity index is 2.47.